The van der Waals surface area contributed by atoms with Crippen molar-refractivity contribution in [3.63, 3.8) is 0 Å². The Morgan fingerprint density at radius 1 is 0.367 bits per heavy atom. The summed E-state index contributed by atoms with van der Waals surface area (Å²) in [6.07, 6.45) is 0. The van der Waals surface area contributed by atoms with Gasteiger partial charge in [0, 0.05) is 38.4 Å². The monoisotopic (exact) mass is 769 g/mol. The van der Waals surface area contributed by atoms with Gasteiger partial charge in [0.2, 0.25) is 0 Å². The molecule has 2 nitrogen and oxygen atoms in total. The molecule has 0 amide bonds. The number of fused-ring (bicyclic) bond motifs is 11. The lowest BCUT2D eigenvalue weighted by atomic mass is 9.79. The zero-order valence-electron chi connectivity index (χ0n) is 34.3. The number of anilines is 3. The van der Waals surface area contributed by atoms with Crippen LogP contribution in [0.5, 0.6) is 0 Å². The second kappa shape index (κ2) is 12.7. The summed E-state index contributed by atoms with van der Waals surface area (Å²) in [5.74, 6) is 0. The van der Waals surface area contributed by atoms with E-state index in [1.165, 1.54) is 72.1 Å². The van der Waals surface area contributed by atoms with Crippen LogP contribution in [0.25, 0.3) is 77.2 Å². The van der Waals surface area contributed by atoms with Crippen LogP contribution in [0.1, 0.15) is 49.9 Å². The van der Waals surface area contributed by atoms with Gasteiger partial charge in [-0.25, -0.2) is 0 Å². The van der Waals surface area contributed by atoms with E-state index in [0.717, 1.165) is 44.4 Å². The minimum atomic E-state index is -0.140. The Labute approximate surface area is 351 Å². The lowest BCUT2D eigenvalue weighted by Crippen LogP contribution is -2.16. The predicted molar refractivity (Wildman–Crippen MR) is 252 cm³/mol. The van der Waals surface area contributed by atoms with Crippen LogP contribution in [0.3, 0.4) is 0 Å². The molecule has 1 aromatic heterocycles. The second-order valence-corrected chi connectivity index (χ2v) is 17.7. The molecule has 0 saturated heterocycles. The molecule has 0 saturated carbocycles. The standard InChI is InChI=1S/C58H43NO/c1-57(2)50-29-9-7-22-44(50)46-26-13-24-41(53(46)57)37-17-11-19-39(34-37)59(52-31-15-28-48-49-33-32-36-16-5-6-21-43(36)55(49)60-56(48)52)40-20-12-18-38(35-40)42-25-14-27-47-45-23-8-10-30-51(45)58(3,4)54(42)47/h5-35H,1-4H3. The smallest absolute Gasteiger partial charge is 0.159 e. The molecule has 12 rings (SSSR count). The summed E-state index contributed by atoms with van der Waals surface area (Å²) in [5, 5.41) is 4.52. The highest BCUT2D eigenvalue weighted by molar-refractivity contribution is 6.17. The van der Waals surface area contributed by atoms with E-state index in [2.05, 4.69) is 221 Å². The molecule has 286 valence electrons. The SMILES string of the molecule is CC1(C)c2ccccc2-c2cccc(-c3cccc(N(c4cccc(-c5cccc6c5C(C)(C)c5ccccc5-6)c4)c4cccc5c4oc4c6ccccc6ccc54)c3)c21. The lowest BCUT2D eigenvalue weighted by Gasteiger charge is -2.28. The number of nitrogens with zero attached hydrogens (tertiary/aromatic N) is 1. The number of hydrogen-bond donors (Lipinski definition) is 0. The Bertz CT molecular complexity index is 3250. The number of para-hydroxylation sites is 1. The maximum absolute atomic E-state index is 7.06. The molecule has 0 aliphatic heterocycles. The van der Waals surface area contributed by atoms with Crippen LogP contribution in [-0.2, 0) is 10.8 Å². The first kappa shape index (κ1) is 34.8. The van der Waals surface area contributed by atoms with E-state index in [1.807, 2.05) is 0 Å². The van der Waals surface area contributed by atoms with Crippen LogP contribution in [0, 0.1) is 0 Å². The van der Waals surface area contributed by atoms with Crippen LogP contribution in [0.15, 0.2) is 192 Å². The maximum Gasteiger partial charge on any atom is 0.159 e. The third-order valence-corrected chi connectivity index (χ3v) is 13.6. The van der Waals surface area contributed by atoms with Crippen molar-refractivity contribution in [2.45, 2.75) is 38.5 Å². The fourth-order valence-corrected chi connectivity index (χ4v) is 10.9. The van der Waals surface area contributed by atoms with Gasteiger partial charge in [-0.3, -0.25) is 0 Å². The van der Waals surface area contributed by atoms with E-state index in [1.54, 1.807) is 0 Å². The van der Waals surface area contributed by atoms with E-state index >= 15 is 0 Å². The number of benzene rings is 9. The van der Waals surface area contributed by atoms with Gasteiger partial charge in [0.15, 0.2) is 5.58 Å². The molecule has 2 aliphatic rings. The Kier molecular flexibility index (Phi) is 7.36. The number of furan rings is 1. The zero-order chi connectivity index (χ0) is 40.3. The molecule has 10 aromatic rings. The van der Waals surface area contributed by atoms with Crippen molar-refractivity contribution < 1.29 is 4.42 Å². The Morgan fingerprint density at radius 2 is 0.833 bits per heavy atom. The van der Waals surface area contributed by atoms with Crippen molar-refractivity contribution in [3.05, 3.63) is 210 Å². The zero-order valence-corrected chi connectivity index (χ0v) is 34.3. The number of rotatable bonds is 5. The molecule has 9 aromatic carbocycles. The summed E-state index contributed by atoms with van der Waals surface area (Å²) >= 11 is 0. The molecule has 0 fully saturated rings. The van der Waals surface area contributed by atoms with Gasteiger partial charge in [-0.05, 0) is 109 Å². The second-order valence-electron chi connectivity index (χ2n) is 17.7. The Hall–Kier alpha value is -7.16. The quantitative estimate of drug-likeness (QED) is 0.173. The summed E-state index contributed by atoms with van der Waals surface area (Å²) in [7, 11) is 0. The molecule has 0 N–H and O–H groups in total. The van der Waals surface area contributed by atoms with Gasteiger partial charge in [0.1, 0.15) is 5.58 Å². The van der Waals surface area contributed by atoms with E-state index in [9.17, 15) is 0 Å². The minimum Gasteiger partial charge on any atom is -0.453 e. The van der Waals surface area contributed by atoms with Gasteiger partial charge in [-0.15, -0.1) is 0 Å². The van der Waals surface area contributed by atoms with E-state index < -0.39 is 0 Å². The molecule has 0 atom stereocenters. The predicted octanol–water partition coefficient (Wildman–Crippen LogP) is 16.2. The highest BCUT2D eigenvalue weighted by atomic mass is 16.3. The van der Waals surface area contributed by atoms with Gasteiger partial charge in [0.25, 0.3) is 0 Å². The summed E-state index contributed by atoms with van der Waals surface area (Å²) in [6.45, 7) is 9.48. The molecule has 2 heteroatoms. The van der Waals surface area contributed by atoms with E-state index in [4.69, 9.17) is 4.42 Å². The van der Waals surface area contributed by atoms with Crippen molar-refractivity contribution in [3.8, 4) is 44.5 Å². The van der Waals surface area contributed by atoms with Crippen LogP contribution in [0.2, 0.25) is 0 Å². The highest BCUT2D eigenvalue weighted by Crippen LogP contribution is 2.54. The lowest BCUT2D eigenvalue weighted by molar-refractivity contribution is 0.662. The summed E-state index contributed by atoms with van der Waals surface area (Å²) in [4.78, 5) is 2.41. The van der Waals surface area contributed by atoms with Crippen LogP contribution in [-0.4, -0.2) is 0 Å². The highest BCUT2D eigenvalue weighted by Gasteiger charge is 2.39. The number of hydrogen-bond acceptors (Lipinski definition) is 2. The molecule has 2 aliphatic carbocycles. The summed E-state index contributed by atoms with van der Waals surface area (Å²) < 4.78 is 7.06. The van der Waals surface area contributed by atoms with Crippen LogP contribution < -0.4 is 4.90 Å². The summed E-state index contributed by atoms with van der Waals surface area (Å²) in [6, 6.07) is 69.2. The molecule has 0 radical (unpaired) electrons. The van der Waals surface area contributed by atoms with Crippen molar-refractivity contribution in [1.82, 2.24) is 0 Å². The average molecular weight is 770 g/mol. The average Bonchev–Trinajstić information content (AvgIpc) is 3.88. The van der Waals surface area contributed by atoms with E-state index in [-0.39, 0.29) is 10.8 Å². The maximum atomic E-state index is 7.06. The summed E-state index contributed by atoms with van der Waals surface area (Å²) in [5.41, 5.74) is 20.4. The fourth-order valence-electron chi connectivity index (χ4n) is 10.9. The van der Waals surface area contributed by atoms with Crippen molar-refractivity contribution in [2.75, 3.05) is 4.90 Å². The first-order valence-corrected chi connectivity index (χ1v) is 21.1. The molecule has 0 spiro atoms. The van der Waals surface area contributed by atoms with Gasteiger partial charge in [-0.2, -0.15) is 0 Å². The molecule has 1 heterocycles. The molecule has 0 bridgehead atoms. The topological polar surface area (TPSA) is 16.4 Å². The van der Waals surface area contributed by atoms with Gasteiger partial charge < -0.3 is 9.32 Å². The molecular weight excluding hydrogens is 727 g/mol. The van der Waals surface area contributed by atoms with Crippen molar-refractivity contribution >= 4 is 49.8 Å². The third kappa shape index (κ3) is 4.88. The molecular formula is C58H43NO. The largest absolute Gasteiger partial charge is 0.453 e. The molecule has 0 unspecified atom stereocenters. The Balaban J connectivity index is 1.08. The normalized spacial score (nSPS) is 14.3. The van der Waals surface area contributed by atoms with Gasteiger partial charge >= 0.3 is 0 Å². The first-order chi connectivity index (χ1) is 29.3. The van der Waals surface area contributed by atoms with Crippen LogP contribution >= 0.6 is 0 Å². The molecule has 60 heavy (non-hydrogen) atoms. The first-order valence-electron chi connectivity index (χ1n) is 21.1. The Morgan fingerprint density at radius 3 is 1.45 bits per heavy atom. The van der Waals surface area contributed by atoms with E-state index in [0.29, 0.717) is 0 Å². The van der Waals surface area contributed by atoms with Crippen LogP contribution in [0.4, 0.5) is 17.1 Å². The minimum absolute atomic E-state index is 0.140. The third-order valence-electron chi connectivity index (χ3n) is 13.6. The van der Waals surface area contributed by atoms with Gasteiger partial charge in [0.05, 0.1) is 5.69 Å². The van der Waals surface area contributed by atoms with Crippen molar-refractivity contribution in [1.29, 1.82) is 0 Å². The van der Waals surface area contributed by atoms with Gasteiger partial charge in [-0.1, -0.05) is 179 Å². The van der Waals surface area contributed by atoms with Crippen molar-refractivity contribution in [2.24, 2.45) is 0 Å². The fraction of sp³-hybridized carbons (Fsp3) is 0.103.